The fraction of sp³-hybridized carbons (Fsp3) is 0.294. The van der Waals surface area contributed by atoms with Gasteiger partial charge in [0.1, 0.15) is 0 Å². The van der Waals surface area contributed by atoms with Gasteiger partial charge in [-0.1, -0.05) is 35.9 Å². The molecule has 0 aliphatic rings. The van der Waals surface area contributed by atoms with Gasteiger partial charge in [-0.3, -0.25) is 0 Å². The summed E-state index contributed by atoms with van der Waals surface area (Å²) in [5.74, 6) is 0. The number of rotatable bonds is 5. The van der Waals surface area contributed by atoms with Crippen molar-refractivity contribution in [1.82, 2.24) is 0 Å². The van der Waals surface area contributed by atoms with Crippen LogP contribution in [0.25, 0.3) is 0 Å². The summed E-state index contributed by atoms with van der Waals surface area (Å²) in [6, 6.07) is 16.8. The molecule has 2 heteroatoms. The van der Waals surface area contributed by atoms with Gasteiger partial charge in [-0.25, -0.2) is 0 Å². The third-order valence-electron chi connectivity index (χ3n) is 3.49. The number of nitrogens with two attached hydrogens (primary N) is 1. The molecule has 2 rings (SSSR count). The minimum absolute atomic E-state index is 0.891. The summed E-state index contributed by atoms with van der Waals surface area (Å²) in [5.41, 5.74) is 10.7. The molecule has 0 aliphatic heterocycles. The molecule has 0 bridgehead atoms. The van der Waals surface area contributed by atoms with E-state index in [4.69, 9.17) is 5.73 Å². The lowest BCUT2D eigenvalue weighted by Gasteiger charge is -2.23. The standard InChI is InChI=1S/C17H22N2/c1-3-19(16-10-8-14(2)9-11-16)13-12-15-6-4-5-7-17(15)18/h4-11H,3,12-13,18H2,1-2H3. The first kappa shape index (κ1) is 13.5. The molecule has 2 aromatic carbocycles. The average Bonchev–Trinajstić information content (AvgIpc) is 2.43. The van der Waals surface area contributed by atoms with Gasteiger partial charge < -0.3 is 10.6 Å². The van der Waals surface area contributed by atoms with Crippen molar-refractivity contribution in [2.45, 2.75) is 20.3 Å². The lowest BCUT2D eigenvalue weighted by atomic mass is 10.1. The second-order valence-electron chi connectivity index (χ2n) is 4.86. The predicted molar refractivity (Wildman–Crippen MR) is 83.6 cm³/mol. The Kier molecular flexibility index (Phi) is 4.45. The van der Waals surface area contributed by atoms with E-state index in [1.165, 1.54) is 16.8 Å². The highest BCUT2D eigenvalue weighted by molar-refractivity contribution is 5.49. The molecule has 0 fully saturated rings. The molecule has 2 nitrogen and oxygen atoms in total. The van der Waals surface area contributed by atoms with Crippen molar-refractivity contribution < 1.29 is 0 Å². The van der Waals surface area contributed by atoms with Crippen LogP contribution in [0, 0.1) is 6.92 Å². The Morgan fingerprint density at radius 2 is 1.68 bits per heavy atom. The van der Waals surface area contributed by atoms with Crippen LogP contribution in [0.15, 0.2) is 48.5 Å². The number of anilines is 2. The van der Waals surface area contributed by atoms with E-state index in [-0.39, 0.29) is 0 Å². The van der Waals surface area contributed by atoms with Gasteiger partial charge >= 0.3 is 0 Å². The highest BCUT2D eigenvalue weighted by atomic mass is 15.1. The number of nitrogen functional groups attached to an aromatic ring is 1. The molecule has 100 valence electrons. The molecule has 2 N–H and O–H groups in total. The average molecular weight is 254 g/mol. The van der Waals surface area contributed by atoms with E-state index in [1.54, 1.807) is 0 Å². The van der Waals surface area contributed by atoms with Crippen molar-refractivity contribution in [3.63, 3.8) is 0 Å². The largest absolute Gasteiger partial charge is 0.399 e. The van der Waals surface area contributed by atoms with Gasteiger partial charge in [0.25, 0.3) is 0 Å². The maximum Gasteiger partial charge on any atom is 0.0366 e. The summed E-state index contributed by atoms with van der Waals surface area (Å²) < 4.78 is 0. The van der Waals surface area contributed by atoms with Crippen molar-refractivity contribution >= 4 is 11.4 Å². The molecule has 0 radical (unpaired) electrons. The first-order valence-electron chi connectivity index (χ1n) is 6.85. The Morgan fingerprint density at radius 3 is 2.32 bits per heavy atom. The van der Waals surface area contributed by atoms with Gasteiger partial charge in [0.15, 0.2) is 0 Å². The summed E-state index contributed by atoms with van der Waals surface area (Å²) in [5, 5.41) is 0. The molecule has 0 amide bonds. The lowest BCUT2D eigenvalue weighted by molar-refractivity contribution is 0.809. The fourth-order valence-corrected chi connectivity index (χ4v) is 2.24. The molecule has 0 aliphatic carbocycles. The van der Waals surface area contributed by atoms with E-state index >= 15 is 0 Å². The van der Waals surface area contributed by atoms with E-state index < -0.39 is 0 Å². The van der Waals surface area contributed by atoms with Crippen LogP contribution in [0.5, 0.6) is 0 Å². The topological polar surface area (TPSA) is 29.3 Å². The maximum atomic E-state index is 5.99. The summed E-state index contributed by atoms with van der Waals surface area (Å²) in [6.45, 7) is 6.31. The molecular formula is C17H22N2. The molecule has 0 saturated carbocycles. The zero-order valence-electron chi connectivity index (χ0n) is 11.8. The highest BCUT2D eigenvalue weighted by Gasteiger charge is 2.05. The van der Waals surface area contributed by atoms with E-state index in [2.05, 4.69) is 49.1 Å². The Hall–Kier alpha value is -1.96. The SMILES string of the molecule is CCN(CCc1ccccc1N)c1ccc(C)cc1. The van der Waals surface area contributed by atoms with Crippen LogP contribution in [0.1, 0.15) is 18.1 Å². The van der Waals surface area contributed by atoms with Crippen molar-refractivity contribution in [3.05, 3.63) is 59.7 Å². The molecule has 0 atom stereocenters. The van der Waals surface area contributed by atoms with Crippen molar-refractivity contribution in [1.29, 1.82) is 0 Å². The molecule has 19 heavy (non-hydrogen) atoms. The molecule has 0 aromatic heterocycles. The number of para-hydroxylation sites is 1. The molecule has 0 heterocycles. The Balaban J connectivity index is 2.04. The van der Waals surface area contributed by atoms with Crippen LogP contribution in [-0.4, -0.2) is 13.1 Å². The van der Waals surface area contributed by atoms with Crippen LogP contribution in [0.2, 0.25) is 0 Å². The van der Waals surface area contributed by atoms with Crippen LogP contribution in [0.4, 0.5) is 11.4 Å². The second kappa shape index (κ2) is 6.28. The summed E-state index contributed by atoms with van der Waals surface area (Å²) in [7, 11) is 0. The summed E-state index contributed by atoms with van der Waals surface area (Å²) in [4.78, 5) is 2.38. The first-order chi connectivity index (χ1) is 9.20. The predicted octanol–water partition coefficient (Wildman–Crippen LogP) is 3.65. The molecular weight excluding hydrogens is 232 g/mol. The number of nitrogens with zero attached hydrogens (tertiary/aromatic N) is 1. The number of likely N-dealkylation sites (N-methyl/N-ethyl adjacent to an activating group) is 1. The second-order valence-corrected chi connectivity index (χ2v) is 4.86. The summed E-state index contributed by atoms with van der Waals surface area (Å²) in [6.07, 6.45) is 0.981. The Morgan fingerprint density at radius 1 is 1.00 bits per heavy atom. The highest BCUT2D eigenvalue weighted by Crippen LogP contribution is 2.17. The van der Waals surface area contributed by atoms with Gasteiger partial charge in [-0.2, -0.15) is 0 Å². The lowest BCUT2D eigenvalue weighted by Crippen LogP contribution is -2.25. The van der Waals surface area contributed by atoms with Gasteiger partial charge in [0, 0.05) is 24.5 Å². The zero-order valence-corrected chi connectivity index (χ0v) is 11.8. The van der Waals surface area contributed by atoms with Gasteiger partial charge in [-0.15, -0.1) is 0 Å². The van der Waals surface area contributed by atoms with E-state index in [1.807, 2.05) is 18.2 Å². The van der Waals surface area contributed by atoms with Gasteiger partial charge in [0.05, 0.1) is 0 Å². The van der Waals surface area contributed by atoms with Crippen molar-refractivity contribution in [2.75, 3.05) is 23.7 Å². The molecule has 0 spiro atoms. The Labute approximate surface area is 115 Å². The van der Waals surface area contributed by atoms with Crippen LogP contribution >= 0.6 is 0 Å². The molecule has 0 saturated heterocycles. The van der Waals surface area contributed by atoms with E-state index in [9.17, 15) is 0 Å². The van der Waals surface area contributed by atoms with Crippen LogP contribution in [0.3, 0.4) is 0 Å². The smallest absolute Gasteiger partial charge is 0.0366 e. The first-order valence-corrected chi connectivity index (χ1v) is 6.85. The number of aryl methyl sites for hydroxylation is 1. The third kappa shape index (κ3) is 3.50. The Bertz CT molecular complexity index is 517. The molecule has 0 unspecified atom stereocenters. The monoisotopic (exact) mass is 254 g/mol. The van der Waals surface area contributed by atoms with Gasteiger partial charge in [0.2, 0.25) is 0 Å². The number of hydrogen-bond acceptors (Lipinski definition) is 2. The third-order valence-corrected chi connectivity index (χ3v) is 3.49. The maximum absolute atomic E-state index is 5.99. The number of hydrogen-bond donors (Lipinski definition) is 1. The van der Waals surface area contributed by atoms with E-state index in [0.717, 1.165) is 25.2 Å². The van der Waals surface area contributed by atoms with E-state index in [0.29, 0.717) is 0 Å². The summed E-state index contributed by atoms with van der Waals surface area (Å²) >= 11 is 0. The normalized spacial score (nSPS) is 10.4. The molecule has 2 aromatic rings. The van der Waals surface area contributed by atoms with Crippen LogP contribution in [-0.2, 0) is 6.42 Å². The minimum Gasteiger partial charge on any atom is -0.399 e. The number of benzene rings is 2. The quantitative estimate of drug-likeness (QED) is 0.825. The fourth-order valence-electron chi connectivity index (χ4n) is 2.24. The van der Waals surface area contributed by atoms with Crippen molar-refractivity contribution in [3.8, 4) is 0 Å². The van der Waals surface area contributed by atoms with Gasteiger partial charge in [-0.05, 0) is 44.0 Å². The minimum atomic E-state index is 0.891. The zero-order chi connectivity index (χ0) is 13.7. The van der Waals surface area contributed by atoms with Crippen LogP contribution < -0.4 is 10.6 Å². The van der Waals surface area contributed by atoms with Crippen molar-refractivity contribution in [2.24, 2.45) is 0 Å².